The van der Waals surface area contributed by atoms with Gasteiger partial charge in [-0.1, -0.05) is 0 Å². The van der Waals surface area contributed by atoms with Crippen molar-refractivity contribution in [1.29, 1.82) is 0 Å². The molecule has 0 spiro atoms. The minimum absolute atomic E-state index is 0.171. The van der Waals surface area contributed by atoms with Crippen LogP contribution in [-0.4, -0.2) is 48.7 Å². The Morgan fingerprint density at radius 2 is 2.10 bits per heavy atom. The zero-order valence-corrected chi connectivity index (χ0v) is 13.8. The fourth-order valence-corrected chi connectivity index (χ4v) is 2.68. The molecule has 1 aromatic rings. The molecule has 116 valence electrons. The van der Waals surface area contributed by atoms with Crippen LogP contribution in [0.4, 0.5) is 0 Å². The highest BCUT2D eigenvalue weighted by Crippen LogP contribution is 2.21. The SMILES string of the molecule is COC(CNC(=O)C(C)NC(=O)c1ccc(Br)s1)C(=O)O. The molecule has 0 fully saturated rings. The van der Waals surface area contributed by atoms with Crippen molar-refractivity contribution in [3.8, 4) is 0 Å². The molecule has 0 saturated carbocycles. The van der Waals surface area contributed by atoms with E-state index < -0.39 is 24.0 Å². The number of aliphatic carboxylic acids is 1. The lowest BCUT2D eigenvalue weighted by Crippen LogP contribution is -2.47. The van der Waals surface area contributed by atoms with Crippen LogP contribution in [0.2, 0.25) is 0 Å². The minimum atomic E-state index is -1.17. The Hall–Kier alpha value is -1.45. The number of thiophene rings is 1. The lowest BCUT2D eigenvalue weighted by Gasteiger charge is -2.16. The van der Waals surface area contributed by atoms with E-state index in [1.54, 1.807) is 12.1 Å². The number of amides is 2. The normalized spacial score (nSPS) is 13.3. The summed E-state index contributed by atoms with van der Waals surface area (Å²) in [4.78, 5) is 34.8. The molecule has 0 saturated heterocycles. The zero-order chi connectivity index (χ0) is 16.0. The molecule has 0 radical (unpaired) electrons. The first-order chi connectivity index (χ1) is 9.85. The van der Waals surface area contributed by atoms with Gasteiger partial charge in [0.15, 0.2) is 6.10 Å². The van der Waals surface area contributed by atoms with E-state index in [9.17, 15) is 14.4 Å². The van der Waals surface area contributed by atoms with Crippen LogP contribution in [0, 0.1) is 0 Å². The topological polar surface area (TPSA) is 105 Å². The summed E-state index contributed by atoms with van der Waals surface area (Å²) < 4.78 is 5.50. The summed E-state index contributed by atoms with van der Waals surface area (Å²) in [7, 11) is 1.24. The summed E-state index contributed by atoms with van der Waals surface area (Å²) in [5.41, 5.74) is 0. The van der Waals surface area contributed by atoms with Crippen molar-refractivity contribution in [2.75, 3.05) is 13.7 Å². The Morgan fingerprint density at radius 3 is 2.57 bits per heavy atom. The van der Waals surface area contributed by atoms with Gasteiger partial charge in [-0.2, -0.15) is 0 Å². The van der Waals surface area contributed by atoms with Crippen LogP contribution in [0.1, 0.15) is 16.6 Å². The summed E-state index contributed by atoms with van der Waals surface area (Å²) in [5, 5.41) is 13.7. The highest BCUT2D eigenvalue weighted by Gasteiger charge is 2.21. The number of carbonyl (C=O) groups excluding carboxylic acids is 2. The Bertz CT molecular complexity index is 533. The van der Waals surface area contributed by atoms with Gasteiger partial charge in [0.1, 0.15) is 6.04 Å². The Balaban J connectivity index is 2.47. The van der Waals surface area contributed by atoms with Crippen molar-refractivity contribution in [1.82, 2.24) is 10.6 Å². The van der Waals surface area contributed by atoms with E-state index in [-0.39, 0.29) is 12.5 Å². The van der Waals surface area contributed by atoms with E-state index in [0.29, 0.717) is 4.88 Å². The van der Waals surface area contributed by atoms with Crippen LogP contribution >= 0.6 is 27.3 Å². The summed E-state index contributed by atoms with van der Waals surface area (Å²) in [6, 6.07) is 2.59. The minimum Gasteiger partial charge on any atom is -0.479 e. The maximum absolute atomic E-state index is 11.9. The number of carbonyl (C=O) groups is 3. The molecule has 2 atom stereocenters. The predicted octanol–water partition coefficient (Wildman–Crippen LogP) is 0.845. The van der Waals surface area contributed by atoms with E-state index >= 15 is 0 Å². The largest absolute Gasteiger partial charge is 0.479 e. The van der Waals surface area contributed by atoms with Crippen molar-refractivity contribution in [3.05, 3.63) is 20.8 Å². The third-order valence-electron chi connectivity index (χ3n) is 2.56. The van der Waals surface area contributed by atoms with Gasteiger partial charge in [0.05, 0.1) is 15.2 Å². The molecule has 21 heavy (non-hydrogen) atoms. The number of methoxy groups -OCH3 is 1. The van der Waals surface area contributed by atoms with Crippen molar-refractivity contribution < 1.29 is 24.2 Å². The Labute approximate surface area is 133 Å². The van der Waals surface area contributed by atoms with Gasteiger partial charge in [-0.3, -0.25) is 9.59 Å². The molecule has 0 aromatic carbocycles. The Morgan fingerprint density at radius 1 is 1.43 bits per heavy atom. The first kappa shape index (κ1) is 17.6. The summed E-state index contributed by atoms with van der Waals surface area (Å²) in [5.74, 6) is -2.02. The number of carboxylic acid groups (broad SMARTS) is 1. The van der Waals surface area contributed by atoms with E-state index in [4.69, 9.17) is 5.11 Å². The average molecular weight is 379 g/mol. The number of hydrogen-bond donors (Lipinski definition) is 3. The first-order valence-corrected chi connectivity index (χ1v) is 7.55. The summed E-state index contributed by atoms with van der Waals surface area (Å²) in [6.45, 7) is 1.34. The van der Waals surface area contributed by atoms with E-state index in [1.165, 1.54) is 25.4 Å². The van der Waals surface area contributed by atoms with Crippen LogP contribution < -0.4 is 10.6 Å². The van der Waals surface area contributed by atoms with Crippen LogP contribution in [0.5, 0.6) is 0 Å². The molecule has 0 aliphatic carbocycles. The second-order valence-electron chi connectivity index (χ2n) is 4.11. The van der Waals surface area contributed by atoms with Crippen LogP contribution in [0.25, 0.3) is 0 Å². The van der Waals surface area contributed by atoms with Crippen LogP contribution in [-0.2, 0) is 14.3 Å². The number of ether oxygens (including phenoxy) is 1. The summed E-state index contributed by atoms with van der Waals surface area (Å²) >= 11 is 4.50. The van der Waals surface area contributed by atoms with Crippen molar-refractivity contribution >= 4 is 45.1 Å². The molecule has 1 aromatic heterocycles. The van der Waals surface area contributed by atoms with Gasteiger partial charge >= 0.3 is 5.97 Å². The van der Waals surface area contributed by atoms with Gasteiger partial charge in [0, 0.05) is 7.11 Å². The monoisotopic (exact) mass is 378 g/mol. The van der Waals surface area contributed by atoms with Gasteiger partial charge in [0.25, 0.3) is 5.91 Å². The molecule has 3 N–H and O–H groups in total. The molecule has 0 bridgehead atoms. The molecular formula is C12H15BrN2O5S. The molecule has 7 nitrogen and oxygen atoms in total. The molecule has 0 aliphatic rings. The van der Waals surface area contributed by atoms with Crippen molar-refractivity contribution in [2.24, 2.45) is 0 Å². The first-order valence-electron chi connectivity index (χ1n) is 5.94. The van der Waals surface area contributed by atoms with Gasteiger partial charge in [-0.05, 0) is 35.0 Å². The number of hydrogen-bond acceptors (Lipinski definition) is 5. The quantitative estimate of drug-likeness (QED) is 0.652. The lowest BCUT2D eigenvalue weighted by molar-refractivity contribution is -0.148. The zero-order valence-electron chi connectivity index (χ0n) is 11.4. The van der Waals surface area contributed by atoms with E-state index in [0.717, 1.165) is 3.79 Å². The predicted molar refractivity (Wildman–Crippen MR) is 80.4 cm³/mol. The average Bonchev–Trinajstić information content (AvgIpc) is 2.85. The molecular weight excluding hydrogens is 364 g/mol. The van der Waals surface area contributed by atoms with Gasteiger partial charge in [-0.25, -0.2) is 4.79 Å². The van der Waals surface area contributed by atoms with Crippen molar-refractivity contribution in [2.45, 2.75) is 19.1 Å². The molecule has 9 heteroatoms. The third-order valence-corrected chi connectivity index (χ3v) is 4.18. The van der Waals surface area contributed by atoms with Gasteiger partial charge in [0.2, 0.25) is 5.91 Å². The fourth-order valence-electron chi connectivity index (χ4n) is 1.39. The smallest absolute Gasteiger partial charge is 0.334 e. The third kappa shape index (κ3) is 5.44. The molecule has 1 heterocycles. The number of halogens is 1. The second kappa shape index (κ2) is 8.11. The van der Waals surface area contributed by atoms with E-state index in [2.05, 4.69) is 31.3 Å². The maximum atomic E-state index is 11.9. The van der Waals surface area contributed by atoms with E-state index in [1.807, 2.05) is 0 Å². The molecule has 0 aliphatic heterocycles. The number of nitrogens with one attached hydrogen (secondary N) is 2. The van der Waals surface area contributed by atoms with Crippen molar-refractivity contribution in [3.63, 3.8) is 0 Å². The molecule has 2 amide bonds. The number of rotatable bonds is 7. The standard InChI is InChI=1S/C12H15BrN2O5S/c1-6(10(16)14-5-7(20-2)12(18)19)15-11(17)8-3-4-9(13)21-8/h3-4,6-7H,5H2,1-2H3,(H,14,16)(H,15,17)(H,18,19). The highest BCUT2D eigenvalue weighted by atomic mass is 79.9. The van der Waals surface area contributed by atoms with Crippen LogP contribution in [0.15, 0.2) is 15.9 Å². The highest BCUT2D eigenvalue weighted by molar-refractivity contribution is 9.11. The lowest BCUT2D eigenvalue weighted by atomic mass is 10.2. The Kier molecular flexibility index (Phi) is 6.79. The molecule has 1 rings (SSSR count). The molecule has 2 unspecified atom stereocenters. The number of carboxylic acids is 1. The van der Waals surface area contributed by atoms with Gasteiger partial charge < -0.3 is 20.5 Å². The second-order valence-corrected chi connectivity index (χ2v) is 6.57. The fraction of sp³-hybridized carbons (Fsp3) is 0.417. The summed E-state index contributed by atoms with van der Waals surface area (Å²) in [6.07, 6.45) is -1.12. The maximum Gasteiger partial charge on any atom is 0.334 e. The van der Waals surface area contributed by atoms with Gasteiger partial charge in [-0.15, -0.1) is 11.3 Å². The van der Waals surface area contributed by atoms with Crippen LogP contribution in [0.3, 0.4) is 0 Å².